The van der Waals surface area contributed by atoms with Crippen LogP contribution in [0.15, 0.2) is 18.2 Å². The Bertz CT molecular complexity index is 877. The molecular weight excluding hydrogens is 362 g/mol. The molecule has 1 heterocycles. The number of fused-ring (bicyclic) bond motifs is 1. The first kappa shape index (κ1) is 19.7. The Labute approximate surface area is 162 Å². The highest BCUT2D eigenvalue weighted by molar-refractivity contribution is 6.25. The van der Waals surface area contributed by atoms with E-state index in [0.29, 0.717) is 5.69 Å². The van der Waals surface area contributed by atoms with Gasteiger partial charge in [-0.3, -0.25) is 28.9 Å². The van der Waals surface area contributed by atoms with Gasteiger partial charge in [0.2, 0.25) is 5.91 Å². The van der Waals surface area contributed by atoms with Crippen LogP contribution in [0.1, 0.15) is 60.7 Å². The van der Waals surface area contributed by atoms with Gasteiger partial charge in [-0.2, -0.15) is 0 Å². The van der Waals surface area contributed by atoms with Gasteiger partial charge in [-0.1, -0.05) is 6.07 Å². The second-order valence-corrected chi connectivity index (χ2v) is 7.47. The molecule has 1 aliphatic carbocycles. The molecule has 148 valence electrons. The average molecular weight is 385 g/mol. The highest BCUT2D eigenvalue weighted by atomic mass is 16.2. The summed E-state index contributed by atoms with van der Waals surface area (Å²) < 4.78 is 0. The fourth-order valence-corrected chi connectivity index (χ4v) is 3.55. The summed E-state index contributed by atoms with van der Waals surface area (Å²) in [5.41, 5.74) is 0.710. The van der Waals surface area contributed by atoms with Crippen LogP contribution in [-0.4, -0.2) is 52.3 Å². The van der Waals surface area contributed by atoms with E-state index >= 15 is 0 Å². The largest absolute Gasteiger partial charge is 0.373 e. The van der Waals surface area contributed by atoms with Crippen LogP contribution < -0.4 is 10.6 Å². The first-order valence-electron chi connectivity index (χ1n) is 9.33. The molecule has 0 spiro atoms. The van der Waals surface area contributed by atoms with E-state index in [9.17, 15) is 24.0 Å². The van der Waals surface area contributed by atoms with Crippen molar-refractivity contribution >= 4 is 35.0 Å². The van der Waals surface area contributed by atoms with Gasteiger partial charge in [-0.05, 0) is 39.3 Å². The van der Waals surface area contributed by atoms with Gasteiger partial charge in [0.25, 0.3) is 11.8 Å². The van der Waals surface area contributed by atoms with Crippen LogP contribution >= 0.6 is 0 Å². The minimum atomic E-state index is -0.917. The van der Waals surface area contributed by atoms with Crippen LogP contribution in [0, 0.1) is 0 Å². The molecule has 0 saturated heterocycles. The summed E-state index contributed by atoms with van der Waals surface area (Å²) >= 11 is 0. The van der Waals surface area contributed by atoms with Crippen LogP contribution in [0.5, 0.6) is 0 Å². The molecule has 2 N–H and O–H groups in total. The standard InChI is InChI=1S/C20H23N3O5/c1-10(2)21-18(26)11(3)22-14-6-4-5-13-17(14)20(28)23(19(13)27)15-8-7-12(24)9-16(15)25/h4-6,10-11,15,22H,7-9H2,1-3H3,(H,21,26)/t11-,15?/m0/s1. The molecule has 1 aromatic rings. The summed E-state index contributed by atoms with van der Waals surface area (Å²) in [4.78, 5) is 62.7. The summed E-state index contributed by atoms with van der Waals surface area (Å²) in [7, 11) is 0. The third-order valence-corrected chi connectivity index (χ3v) is 4.89. The van der Waals surface area contributed by atoms with Crippen molar-refractivity contribution in [3.05, 3.63) is 29.3 Å². The Morgan fingerprint density at radius 3 is 2.46 bits per heavy atom. The molecule has 3 amide bonds. The van der Waals surface area contributed by atoms with E-state index in [-0.39, 0.29) is 48.1 Å². The summed E-state index contributed by atoms with van der Waals surface area (Å²) in [6.45, 7) is 5.35. The molecule has 28 heavy (non-hydrogen) atoms. The maximum Gasteiger partial charge on any atom is 0.264 e. The SMILES string of the molecule is CC(C)NC(=O)[C@H](C)Nc1cccc2c1C(=O)N(C1CCC(=O)CC1=O)C2=O. The number of rotatable bonds is 5. The number of Topliss-reactive ketones (excluding diaryl/α,β-unsaturated/α-hetero) is 2. The normalized spacial score (nSPS) is 20.4. The first-order chi connectivity index (χ1) is 13.2. The Balaban J connectivity index is 1.87. The molecule has 1 aliphatic heterocycles. The number of anilines is 1. The van der Waals surface area contributed by atoms with E-state index in [0.717, 1.165) is 4.90 Å². The molecule has 8 nitrogen and oxygen atoms in total. The van der Waals surface area contributed by atoms with Crippen LogP contribution in [0.25, 0.3) is 0 Å². The lowest BCUT2D eigenvalue weighted by molar-refractivity contribution is -0.132. The van der Waals surface area contributed by atoms with Crippen molar-refractivity contribution in [3.63, 3.8) is 0 Å². The lowest BCUT2D eigenvalue weighted by Crippen LogP contribution is -2.47. The molecule has 2 aliphatic rings. The Morgan fingerprint density at radius 2 is 1.82 bits per heavy atom. The number of amides is 3. The number of nitrogens with one attached hydrogen (secondary N) is 2. The van der Waals surface area contributed by atoms with Gasteiger partial charge in [0.15, 0.2) is 5.78 Å². The molecule has 1 saturated carbocycles. The third kappa shape index (κ3) is 3.54. The Morgan fingerprint density at radius 1 is 1.11 bits per heavy atom. The topological polar surface area (TPSA) is 113 Å². The van der Waals surface area contributed by atoms with Gasteiger partial charge in [-0.15, -0.1) is 0 Å². The highest BCUT2D eigenvalue weighted by Crippen LogP contribution is 2.33. The predicted octanol–water partition coefficient (Wildman–Crippen LogP) is 1.30. The van der Waals surface area contributed by atoms with Crippen molar-refractivity contribution in [2.45, 2.75) is 58.2 Å². The Hall–Kier alpha value is -3.03. The van der Waals surface area contributed by atoms with Crippen molar-refractivity contribution in [2.24, 2.45) is 0 Å². The molecule has 2 atom stereocenters. The van der Waals surface area contributed by atoms with E-state index in [2.05, 4.69) is 10.6 Å². The molecule has 8 heteroatoms. The lowest BCUT2D eigenvalue weighted by atomic mass is 9.92. The molecule has 3 rings (SSSR count). The van der Waals surface area contributed by atoms with E-state index < -0.39 is 29.7 Å². The summed E-state index contributed by atoms with van der Waals surface area (Å²) in [5, 5.41) is 5.77. The molecule has 0 bridgehead atoms. The molecule has 1 aromatic carbocycles. The van der Waals surface area contributed by atoms with Gasteiger partial charge in [-0.25, -0.2) is 0 Å². The van der Waals surface area contributed by atoms with Crippen molar-refractivity contribution in [1.29, 1.82) is 0 Å². The smallest absolute Gasteiger partial charge is 0.264 e. The average Bonchev–Trinajstić information content (AvgIpc) is 2.87. The van der Waals surface area contributed by atoms with E-state index in [1.165, 1.54) is 6.07 Å². The fraction of sp³-hybridized carbons (Fsp3) is 0.450. The highest BCUT2D eigenvalue weighted by Gasteiger charge is 2.45. The molecular formula is C20H23N3O5. The molecule has 1 fully saturated rings. The third-order valence-electron chi connectivity index (χ3n) is 4.89. The zero-order chi connectivity index (χ0) is 20.6. The summed E-state index contributed by atoms with van der Waals surface area (Å²) in [5.74, 6) is -1.94. The minimum absolute atomic E-state index is 0.0306. The molecule has 0 radical (unpaired) electrons. The van der Waals surface area contributed by atoms with E-state index in [4.69, 9.17) is 0 Å². The molecule has 0 aromatic heterocycles. The van der Waals surface area contributed by atoms with Crippen molar-refractivity contribution in [2.75, 3.05) is 5.32 Å². The lowest BCUT2D eigenvalue weighted by Gasteiger charge is -2.27. The van der Waals surface area contributed by atoms with Crippen LogP contribution in [-0.2, 0) is 14.4 Å². The maximum absolute atomic E-state index is 13.0. The monoisotopic (exact) mass is 385 g/mol. The summed E-state index contributed by atoms with van der Waals surface area (Å²) in [6.07, 6.45) is 0.0655. The number of imide groups is 1. The van der Waals surface area contributed by atoms with Gasteiger partial charge in [0.05, 0.1) is 23.6 Å². The van der Waals surface area contributed by atoms with Gasteiger partial charge in [0.1, 0.15) is 11.8 Å². The number of hydrogen-bond acceptors (Lipinski definition) is 6. The quantitative estimate of drug-likeness (QED) is 0.584. The fourth-order valence-electron chi connectivity index (χ4n) is 3.55. The minimum Gasteiger partial charge on any atom is -0.373 e. The molecule has 1 unspecified atom stereocenters. The van der Waals surface area contributed by atoms with Crippen LogP contribution in [0.3, 0.4) is 0 Å². The number of hydrogen-bond donors (Lipinski definition) is 2. The van der Waals surface area contributed by atoms with Crippen molar-refractivity contribution in [1.82, 2.24) is 10.2 Å². The van der Waals surface area contributed by atoms with Gasteiger partial charge < -0.3 is 10.6 Å². The van der Waals surface area contributed by atoms with Gasteiger partial charge >= 0.3 is 0 Å². The van der Waals surface area contributed by atoms with E-state index in [1.807, 2.05) is 13.8 Å². The number of nitrogens with zero attached hydrogens (tertiary/aromatic N) is 1. The zero-order valence-electron chi connectivity index (χ0n) is 16.1. The first-order valence-corrected chi connectivity index (χ1v) is 9.33. The number of benzene rings is 1. The summed E-state index contributed by atoms with van der Waals surface area (Å²) in [6, 6.07) is 3.20. The van der Waals surface area contributed by atoms with Crippen LogP contribution in [0.4, 0.5) is 5.69 Å². The van der Waals surface area contributed by atoms with Crippen molar-refractivity contribution < 1.29 is 24.0 Å². The number of carbonyl (C=O) groups excluding carboxylic acids is 5. The van der Waals surface area contributed by atoms with E-state index in [1.54, 1.807) is 19.1 Å². The maximum atomic E-state index is 13.0. The number of carbonyl (C=O) groups is 5. The van der Waals surface area contributed by atoms with Crippen LogP contribution in [0.2, 0.25) is 0 Å². The predicted molar refractivity (Wildman–Crippen MR) is 101 cm³/mol. The van der Waals surface area contributed by atoms with Gasteiger partial charge in [0, 0.05) is 18.2 Å². The van der Waals surface area contributed by atoms with Crippen molar-refractivity contribution in [3.8, 4) is 0 Å². The number of ketones is 2. The Kier molecular flexibility index (Phi) is 5.31. The zero-order valence-corrected chi connectivity index (χ0v) is 16.1. The second kappa shape index (κ2) is 7.53. The second-order valence-electron chi connectivity index (χ2n) is 7.47.